The van der Waals surface area contributed by atoms with Crippen LogP contribution in [-0.4, -0.2) is 45.8 Å². The molecule has 0 radical (unpaired) electrons. The number of fused-ring (bicyclic) bond motifs is 1. The third kappa shape index (κ3) is 3.59. The van der Waals surface area contributed by atoms with Crippen LogP contribution in [0.15, 0.2) is 24.4 Å². The Morgan fingerprint density at radius 2 is 2.35 bits per heavy atom. The number of rotatable bonds is 6. The molecule has 0 aliphatic carbocycles. The van der Waals surface area contributed by atoms with Crippen molar-refractivity contribution in [2.75, 3.05) is 27.5 Å². The monoisotopic (exact) mass is 302 g/mol. The molecule has 2 rings (SSSR count). The highest BCUT2D eigenvalue weighted by Crippen LogP contribution is 2.21. The molecular weight excluding hydrogens is 274 g/mol. The Kier molecular flexibility index (Phi) is 2.43. The van der Waals surface area contributed by atoms with Crippen LogP contribution >= 0.6 is 0 Å². The summed E-state index contributed by atoms with van der Waals surface area (Å²) in [6.07, 6.45) is 0.418. The standard InChI is InChI=1S/C14H21N3O2S/c1-15-20(18,19)10-11-4-5-14-13(8-11)12(9-16-14)6-7-17(2)3/h4-5,8-9,15-16H,6-7,10H2,1-3H3/i1D3,2D3,9D. The molecule has 1 aromatic carbocycles. The number of nitrogens with one attached hydrogen (secondary N) is 2. The van der Waals surface area contributed by atoms with E-state index in [0.717, 1.165) is 0 Å². The number of sulfonamides is 1. The summed E-state index contributed by atoms with van der Waals surface area (Å²) in [7, 11) is -2.60. The lowest BCUT2D eigenvalue weighted by Gasteiger charge is -2.08. The Bertz CT molecular complexity index is 919. The van der Waals surface area contributed by atoms with Gasteiger partial charge in [-0.3, -0.25) is 0 Å². The molecule has 0 spiro atoms. The second kappa shape index (κ2) is 5.95. The van der Waals surface area contributed by atoms with Gasteiger partial charge >= 0.3 is 0 Å². The smallest absolute Gasteiger partial charge is 0.215 e. The van der Waals surface area contributed by atoms with Gasteiger partial charge in [0.1, 0.15) is 0 Å². The van der Waals surface area contributed by atoms with Crippen molar-refractivity contribution in [2.45, 2.75) is 12.2 Å². The molecule has 0 bridgehead atoms. The molecule has 2 N–H and O–H groups in total. The van der Waals surface area contributed by atoms with Crippen LogP contribution in [0, 0.1) is 0 Å². The molecule has 0 amide bonds. The Morgan fingerprint density at radius 3 is 3.10 bits per heavy atom. The van der Waals surface area contributed by atoms with E-state index in [0.29, 0.717) is 22.0 Å². The molecule has 1 aromatic heterocycles. The molecule has 0 fully saturated rings. The minimum Gasteiger partial charge on any atom is -0.361 e. The predicted octanol–water partition coefficient (Wildman–Crippen LogP) is 1.32. The Hall–Kier alpha value is -1.37. The molecular formula is C14H21N3O2S. The maximum Gasteiger partial charge on any atom is 0.215 e. The minimum absolute atomic E-state index is 0.129. The van der Waals surface area contributed by atoms with E-state index in [1.165, 1.54) is 18.0 Å². The number of nitrogens with zero attached hydrogens (tertiary/aromatic N) is 1. The lowest BCUT2D eigenvalue weighted by molar-refractivity contribution is 0.414. The lowest BCUT2D eigenvalue weighted by Crippen LogP contribution is -2.20. The van der Waals surface area contributed by atoms with Gasteiger partial charge in [0.15, 0.2) is 0 Å². The predicted molar refractivity (Wildman–Crippen MR) is 82.2 cm³/mol. The van der Waals surface area contributed by atoms with Crippen LogP contribution in [0.25, 0.3) is 10.9 Å². The zero-order valence-electron chi connectivity index (χ0n) is 18.0. The highest BCUT2D eigenvalue weighted by molar-refractivity contribution is 7.88. The van der Waals surface area contributed by atoms with E-state index in [-0.39, 0.29) is 19.1 Å². The first-order valence-corrected chi connectivity index (χ1v) is 7.66. The quantitative estimate of drug-likeness (QED) is 0.846. The second-order valence-corrected chi connectivity index (χ2v) is 6.36. The minimum atomic E-state index is -4.06. The molecule has 110 valence electrons. The van der Waals surface area contributed by atoms with Crippen molar-refractivity contribution >= 4 is 20.9 Å². The number of hydrogen-bond acceptors (Lipinski definition) is 3. The van der Waals surface area contributed by atoms with Gasteiger partial charge in [-0.15, -0.1) is 0 Å². The van der Waals surface area contributed by atoms with E-state index in [1.807, 2.05) is 0 Å². The summed E-state index contributed by atoms with van der Waals surface area (Å²) in [5.74, 6) is -0.519. The normalized spacial score (nSPS) is 18.8. The van der Waals surface area contributed by atoms with Crippen molar-refractivity contribution in [1.82, 2.24) is 14.6 Å². The number of aromatic amines is 1. The van der Waals surface area contributed by atoms with Crippen LogP contribution in [0.4, 0.5) is 0 Å². The molecule has 0 saturated heterocycles. The zero-order chi connectivity index (χ0) is 20.6. The first-order valence-electron chi connectivity index (χ1n) is 9.51. The van der Waals surface area contributed by atoms with Crippen molar-refractivity contribution in [3.8, 4) is 0 Å². The molecule has 1 heterocycles. The van der Waals surface area contributed by atoms with Gasteiger partial charge < -0.3 is 9.88 Å². The van der Waals surface area contributed by atoms with Crippen molar-refractivity contribution in [3.05, 3.63) is 35.5 Å². The first kappa shape index (κ1) is 8.17. The van der Waals surface area contributed by atoms with E-state index >= 15 is 0 Å². The van der Waals surface area contributed by atoms with Gasteiger partial charge in [-0.2, -0.15) is 0 Å². The van der Waals surface area contributed by atoms with Gasteiger partial charge in [0.05, 0.1) is 7.12 Å². The fraction of sp³-hybridized carbons (Fsp3) is 0.429. The molecule has 0 saturated carbocycles. The highest BCUT2D eigenvalue weighted by Gasteiger charge is 2.11. The largest absolute Gasteiger partial charge is 0.361 e. The van der Waals surface area contributed by atoms with Crippen LogP contribution < -0.4 is 4.72 Å². The van der Waals surface area contributed by atoms with Gasteiger partial charge in [-0.05, 0) is 50.7 Å². The number of likely N-dealkylation sites (N-methyl/N-ethyl adjacent to an activating group) is 1. The summed E-state index contributed by atoms with van der Waals surface area (Å²) >= 11 is 0. The average Bonchev–Trinajstić information content (AvgIpc) is 2.75. The SMILES string of the molecule is [2H]c1[nH]c2ccc(CS(=O)(=O)NC([2H])([2H])[2H])cc2c1CCN(C)C([2H])([2H])[2H]. The van der Waals surface area contributed by atoms with Crippen molar-refractivity contribution in [2.24, 2.45) is 0 Å². The first-order chi connectivity index (χ1) is 12.2. The van der Waals surface area contributed by atoms with E-state index < -0.39 is 29.7 Å². The van der Waals surface area contributed by atoms with Crippen molar-refractivity contribution < 1.29 is 18.0 Å². The summed E-state index contributed by atoms with van der Waals surface area (Å²) < 4.78 is 76.8. The molecule has 20 heavy (non-hydrogen) atoms. The van der Waals surface area contributed by atoms with Crippen molar-refractivity contribution in [1.29, 1.82) is 0 Å². The van der Waals surface area contributed by atoms with Gasteiger partial charge in [-0.1, -0.05) is 6.07 Å². The topological polar surface area (TPSA) is 65.2 Å². The van der Waals surface area contributed by atoms with E-state index in [9.17, 15) is 8.42 Å². The summed E-state index contributed by atoms with van der Waals surface area (Å²) in [6, 6.07) is 4.73. The fourth-order valence-corrected chi connectivity index (χ4v) is 2.67. The van der Waals surface area contributed by atoms with Crippen LogP contribution in [0.1, 0.15) is 20.7 Å². The Morgan fingerprint density at radius 1 is 1.50 bits per heavy atom. The second-order valence-electron chi connectivity index (χ2n) is 4.64. The zero-order valence-corrected chi connectivity index (χ0v) is 11.8. The van der Waals surface area contributed by atoms with Crippen LogP contribution in [0.5, 0.6) is 0 Å². The summed E-state index contributed by atoms with van der Waals surface area (Å²) in [5.41, 5.74) is 1.56. The summed E-state index contributed by atoms with van der Waals surface area (Å²) in [6.45, 7) is -4.86. The van der Waals surface area contributed by atoms with Crippen molar-refractivity contribution in [3.63, 3.8) is 0 Å². The number of hydrogen-bond donors (Lipinski definition) is 2. The molecule has 0 unspecified atom stereocenters. The molecule has 0 atom stereocenters. The number of benzene rings is 1. The summed E-state index contributed by atoms with van der Waals surface area (Å²) in [5, 5.41) is 0.612. The molecule has 0 aliphatic rings. The molecule has 0 aliphatic heterocycles. The van der Waals surface area contributed by atoms with Gasteiger partial charge in [0, 0.05) is 31.8 Å². The Balaban J connectivity index is 2.28. The maximum atomic E-state index is 12.0. The third-order valence-electron chi connectivity index (χ3n) is 2.97. The molecule has 5 nitrogen and oxygen atoms in total. The van der Waals surface area contributed by atoms with E-state index in [4.69, 9.17) is 9.60 Å². The van der Waals surface area contributed by atoms with Crippen LogP contribution in [0.2, 0.25) is 0 Å². The van der Waals surface area contributed by atoms with E-state index in [1.54, 1.807) is 16.9 Å². The molecule has 2 aromatic rings. The highest BCUT2D eigenvalue weighted by atomic mass is 32.2. The number of H-pyrrole nitrogens is 1. The number of aromatic nitrogens is 1. The van der Waals surface area contributed by atoms with Crippen LogP contribution in [-0.2, 0) is 22.2 Å². The van der Waals surface area contributed by atoms with Gasteiger partial charge in [-0.25, -0.2) is 13.1 Å². The third-order valence-corrected chi connectivity index (χ3v) is 3.99. The van der Waals surface area contributed by atoms with Gasteiger partial charge in [0.25, 0.3) is 0 Å². The molecule has 6 heteroatoms. The summed E-state index contributed by atoms with van der Waals surface area (Å²) in [4.78, 5) is 4.06. The van der Waals surface area contributed by atoms with Gasteiger partial charge in [0.2, 0.25) is 10.0 Å². The average molecular weight is 302 g/mol. The fourth-order valence-electron chi connectivity index (χ4n) is 1.98. The van der Waals surface area contributed by atoms with E-state index in [2.05, 4.69) is 4.98 Å². The lowest BCUT2D eigenvalue weighted by atomic mass is 10.1. The van der Waals surface area contributed by atoms with Crippen LogP contribution in [0.3, 0.4) is 0 Å². The Labute approximate surface area is 129 Å². The maximum absolute atomic E-state index is 12.0.